The molecule has 4 N–H and O–H groups in total. The number of aromatic carboxylic acids is 1. The molecule has 0 saturated heterocycles. The SMILES string of the molecule is NCC1CCC(C(=O)Nc2cc(Cl)ccc2C(=O)O)CC1. The first-order valence-electron chi connectivity index (χ1n) is 7.05. The average molecular weight is 311 g/mol. The van der Waals surface area contributed by atoms with Crippen LogP contribution < -0.4 is 11.1 Å². The molecule has 0 atom stereocenters. The van der Waals surface area contributed by atoms with Crippen molar-refractivity contribution in [3.8, 4) is 0 Å². The van der Waals surface area contributed by atoms with Gasteiger partial charge in [-0.05, 0) is 56.3 Å². The van der Waals surface area contributed by atoms with Crippen LogP contribution in [0.15, 0.2) is 18.2 Å². The molecule has 0 aromatic heterocycles. The molecular weight excluding hydrogens is 292 g/mol. The molecule has 0 aliphatic heterocycles. The first-order chi connectivity index (χ1) is 10.0. The first kappa shape index (κ1) is 15.8. The minimum atomic E-state index is -1.09. The van der Waals surface area contributed by atoms with Crippen LogP contribution in [0.25, 0.3) is 0 Å². The maximum atomic E-state index is 12.3. The van der Waals surface area contributed by atoms with Crippen LogP contribution in [0.3, 0.4) is 0 Å². The largest absolute Gasteiger partial charge is 0.478 e. The Morgan fingerprint density at radius 2 is 1.95 bits per heavy atom. The summed E-state index contributed by atoms with van der Waals surface area (Å²) in [5, 5.41) is 12.2. The summed E-state index contributed by atoms with van der Waals surface area (Å²) in [6.45, 7) is 0.659. The second-order valence-corrected chi connectivity index (χ2v) is 5.87. The van der Waals surface area contributed by atoms with Crippen molar-refractivity contribution in [3.05, 3.63) is 28.8 Å². The van der Waals surface area contributed by atoms with Gasteiger partial charge in [0.05, 0.1) is 11.3 Å². The molecule has 0 unspecified atom stereocenters. The number of benzene rings is 1. The Morgan fingerprint density at radius 1 is 1.29 bits per heavy atom. The number of halogens is 1. The van der Waals surface area contributed by atoms with E-state index >= 15 is 0 Å². The van der Waals surface area contributed by atoms with Crippen molar-refractivity contribution in [2.75, 3.05) is 11.9 Å². The fourth-order valence-electron chi connectivity index (χ4n) is 2.70. The van der Waals surface area contributed by atoms with Crippen LogP contribution in [-0.4, -0.2) is 23.5 Å². The van der Waals surface area contributed by atoms with Crippen molar-refractivity contribution in [2.45, 2.75) is 25.7 Å². The first-order valence-corrected chi connectivity index (χ1v) is 7.43. The van der Waals surface area contributed by atoms with E-state index < -0.39 is 5.97 Å². The lowest BCUT2D eigenvalue weighted by atomic mass is 9.81. The van der Waals surface area contributed by atoms with Crippen molar-refractivity contribution in [2.24, 2.45) is 17.6 Å². The summed E-state index contributed by atoms with van der Waals surface area (Å²) >= 11 is 5.87. The fraction of sp³-hybridized carbons (Fsp3) is 0.467. The van der Waals surface area contributed by atoms with E-state index in [1.54, 1.807) is 0 Å². The van der Waals surface area contributed by atoms with Gasteiger partial charge in [-0.15, -0.1) is 0 Å². The van der Waals surface area contributed by atoms with Crippen molar-refractivity contribution >= 4 is 29.2 Å². The summed E-state index contributed by atoms with van der Waals surface area (Å²) in [4.78, 5) is 23.4. The summed E-state index contributed by atoms with van der Waals surface area (Å²) in [6, 6.07) is 4.35. The number of nitrogens with two attached hydrogens (primary N) is 1. The Balaban J connectivity index is 2.06. The molecule has 1 aromatic rings. The predicted octanol–water partition coefficient (Wildman–Crippen LogP) is 2.74. The lowest BCUT2D eigenvalue weighted by Crippen LogP contribution is -2.29. The highest BCUT2D eigenvalue weighted by Crippen LogP contribution is 2.30. The molecule has 5 nitrogen and oxygen atoms in total. The number of nitrogens with one attached hydrogen (secondary N) is 1. The van der Waals surface area contributed by atoms with Crippen LogP contribution in [0.5, 0.6) is 0 Å². The Morgan fingerprint density at radius 3 is 2.52 bits per heavy atom. The van der Waals surface area contributed by atoms with Crippen molar-refractivity contribution in [3.63, 3.8) is 0 Å². The Bertz CT molecular complexity index is 540. The molecule has 1 aromatic carbocycles. The third-order valence-electron chi connectivity index (χ3n) is 4.02. The topological polar surface area (TPSA) is 92.4 Å². The van der Waals surface area contributed by atoms with Gasteiger partial charge in [-0.1, -0.05) is 11.6 Å². The molecule has 21 heavy (non-hydrogen) atoms. The van der Waals surface area contributed by atoms with Gasteiger partial charge in [-0.25, -0.2) is 4.79 Å². The van der Waals surface area contributed by atoms with Crippen molar-refractivity contribution in [1.29, 1.82) is 0 Å². The molecule has 1 amide bonds. The molecule has 0 radical (unpaired) electrons. The molecule has 0 bridgehead atoms. The number of amides is 1. The van der Waals surface area contributed by atoms with Gasteiger partial charge in [0.1, 0.15) is 0 Å². The number of carboxylic acids is 1. The molecule has 0 spiro atoms. The maximum Gasteiger partial charge on any atom is 0.337 e. The quantitative estimate of drug-likeness (QED) is 0.797. The van der Waals surface area contributed by atoms with E-state index in [9.17, 15) is 9.59 Å². The maximum absolute atomic E-state index is 12.3. The van der Waals surface area contributed by atoms with Gasteiger partial charge in [0, 0.05) is 10.9 Å². The van der Waals surface area contributed by atoms with E-state index in [4.69, 9.17) is 22.4 Å². The molecule has 1 saturated carbocycles. The van der Waals surface area contributed by atoms with Gasteiger partial charge in [0.15, 0.2) is 0 Å². The molecule has 6 heteroatoms. The van der Waals surface area contributed by atoms with E-state index in [0.717, 1.165) is 25.7 Å². The number of anilines is 1. The van der Waals surface area contributed by atoms with Gasteiger partial charge in [-0.2, -0.15) is 0 Å². The van der Waals surface area contributed by atoms with Gasteiger partial charge in [-0.3, -0.25) is 4.79 Å². The molecule has 0 heterocycles. The average Bonchev–Trinajstić information content (AvgIpc) is 2.47. The zero-order valence-electron chi connectivity index (χ0n) is 11.6. The molecule has 1 aliphatic carbocycles. The zero-order valence-corrected chi connectivity index (χ0v) is 12.4. The lowest BCUT2D eigenvalue weighted by Gasteiger charge is -2.26. The van der Waals surface area contributed by atoms with Crippen LogP contribution in [0.1, 0.15) is 36.0 Å². The summed E-state index contributed by atoms with van der Waals surface area (Å²) in [5.41, 5.74) is 5.93. The molecule has 1 aliphatic rings. The summed E-state index contributed by atoms with van der Waals surface area (Å²) in [7, 11) is 0. The van der Waals surface area contributed by atoms with E-state index in [2.05, 4.69) is 5.32 Å². The third kappa shape index (κ3) is 3.95. The van der Waals surface area contributed by atoms with Gasteiger partial charge in [0.25, 0.3) is 0 Å². The zero-order chi connectivity index (χ0) is 15.4. The Hall–Kier alpha value is -1.59. The highest BCUT2D eigenvalue weighted by atomic mass is 35.5. The second kappa shape index (κ2) is 6.91. The normalized spacial score (nSPS) is 21.8. The Kier molecular flexibility index (Phi) is 5.20. The number of hydrogen-bond donors (Lipinski definition) is 3. The van der Waals surface area contributed by atoms with Crippen LogP contribution in [0.2, 0.25) is 5.02 Å². The number of hydrogen-bond acceptors (Lipinski definition) is 3. The van der Waals surface area contributed by atoms with Crippen LogP contribution in [-0.2, 0) is 4.79 Å². The van der Waals surface area contributed by atoms with Gasteiger partial charge < -0.3 is 16.2 Å². The standard InChI is InChI=1S/C15H19ClN2O3/c16-11-5-6-12(15(20)21)13(7-11)18-14(19)10-3-1-9(8-17)2-4-10/h5-7,9-10H,1-4,8,17H2,(H,18,19)(H,20,21). The molecule has 114 valence electrons. The lowest BCUT2D eigenvalue weighted by molar-refractivity contribution is -0.121. The number of rotatable bonds is 4. The number of carbonyl (C=O) groups excluding carboxylic acids is 1. The van der Waals surface area contributed by atoms with Crippen LogP contribution >= 0.6 is 11.6 Å². The van der Waals surface area contributed by atoms with Crippen LogP contribution in [0.4, 0.5) is 5.69 Å². The minimum absolute atomic E-state index is 0.0448. The van der Waals surface area contributed by atoms with E-state index in [1.165, 1.54) is 18.2 Å². The monoisotopic (exact) mass is 310 g/mol. The van der Waals surface area contributed by atoms with Crippen molar-refractivity contribution < 1.29 is 14.7 Å². The third-order valence-corrected chi connectivity index (χ3v) is 4.26. The van der Waals surface area contributed by atoms with Gasteiger partial charge >= 0.3 is 5.97 Å². The van der Waals surface area contributed by atoms with Crippen LogP contribution in [0, 0.1) is 11.8 Å². The number of carbonyl (C=O) groups is 2. The van der Waals surface area contributed by atoms with Gasteiger partial charge in [0.2, 0.25) is 5.91 Å². The van der Waals surface area contributed by atoms with E-state index in [-0.39, 0.29) is 23.1 Å². The summed E-state index contributed by atoms with van der Waals surface area (Å²) in [5.74, 6) is -0.827. The number of carboxylic acid groups (broad SMARTS) is 1. The predicted molar refractivity (Wildman–Crippen MR) is 81.5 cm³/mol. The highest BCUT2D eigenvalue weighted by Gasteiger charge is 2.26. The Labute approximate surface area is 128 Å². The summed E-state index contributed by atoms with van der Waals surface area (Å²) in [6.07, 6.45) is 3.46. The highest BCUT2D eigenvalue weighted by molar-refractivity contribution is 6.31. The van der Waals surface area contributed by atoms with E-state index in [1.807, 2.05) is 0 Å². The van der Waals surface area contributed by atoms with Crippen molar-refractivity contribution in [1.82, 2.24) is 0 Å². The molecule has 1 fully saturated rings. The summed E-state index contributed by atoms with van der Waals surface area (Å²) < 4.78 is 0. The van der Waals surface area contributed by atoms with E-state index in [0.29, 0.717) is 17.5 Å². The smallest absolute Gasteiger partial charge is 0.337 e. The minimum Gasteiger partial charge on any atom is -0.478 e. The molecule has 2 rings (SSSR count). The molecular formula is C15H19ClN2O3. The fourth-order valence-corrected chi connectivity index (χ4v) is 2.87. The second-order valence-electron chi connectivity index (χ2n) is 5.44.